The zero-order valence-corrected chi connectivity index (χ0v) is 21.2. The predicted molar refractivity (Wildman–Crippen MR) is 136 cm³/mol. The van der Waals surface area contributed by atoms with Crippen LogP contribution in [-0.2, 0) is 0 Å². The second kappa shape index (κ2) is 11.5. The summed E-state index contributed by atoms with van der Waals surface area (Å²) in [6.45, 7) is 0.201. The molecule has 1 aliphatic carbocycles. The summed E-state index contributed by atoms with van der Waals surface area (Å²) in [5, 5.41) is 12.0. The Morgan fingerprint density at radius 3 is 2.79 bits per heavy atom. The number of pyridine rings is 1. The molecule has 2 fully saturated rings. The number of imidazole rings is 1. The number of nitrogens with zero attached hydrogens (tertiary/aromatic N) is 3. The highest BCUT2D eigenvalue weighted by Gasteiger charge is 2.29. The first kappa shape index (κ1) is 26.2. The third-order valence-corrected chi connectivity index (χ3v) is 6.93. The molecule has 0 unspecified atom stereocenters. The minimum Gasteiger partial charge on any atom is -0.496 e. The average Bonchev–Trinajstić information content (AvgIpc) is 3.62. The molecule has 1 saturated carbocycles. The van der Waals surface area contributed by atoms with Crippen molar-refractivity contribution in [1.82, 2.24) is 19.6 Å². The third-order valence-electron chi connectivity index (χ3n) is 6.93. The molecule has 5 rings (SSSR count). The molecule has 38 heavy (non-hydrogen) atoms. The first-order valence-corrected chi connectivity index (χ1v) is 12.9. The number of fused-ring (bicyclic) bond motifs is 1. The number of hydrogen-bond acceptors (Lipinski definition) is 7. The Hall–Kier alpha value is -3.44. The summed E-state index contributed by atoms with van der Waals surface area (Å²) >= 11 is 0. The van der Waals surface area contributed by atoms with Crippen molar-refractivity contribution >= 4 is 11.6 Å². The van der Waals surface area contributed by atoms with Gasteiger partial charge in [0, 0.05) is 42.9 Å². The van der Waals surface area contributed by atoms with Gasteiger partial charge in [-0.05, 0) is 50.4 Å². The minimum absolute atomic E-state index is 0.0408. The van der Waals surface area contributed by atoms with Crippen LogP contribution in [0.25, 0.3) is 16.9 Å². The van der Waals surface area contributed by atoms with Crippen LogP contribution in [0.5, 0.6) is 17.2 Å². The lowest BCUT2D eigenvalue weighted by molar-refractivity contribution is -0.0502. The molecule has 3 heterocycles. The molecule has 1 saturated heterocycles. The number of likely N-dealkylation sites (tertiary alicyclic amines) is 1. The zero-order chi connectivity index (χ0) is 26.6. The van der Waals surface area contributed by atoms with E-state index in [4.69, 9.17) is 14.2 Å². The van der Waals surface area contributed by atoms with Gasteiger partial charge in [-0.2, -0.15) is 8.78 Å². The first-order valence-electron chi connectivity index (χ1n) is 12.9. The van der Waals surface area contributed by atoms with Crippen LogP contribution in [0.15, 0.2) is 36.7 Å². The number of amides is 1. The van der Waals surface area contributed by atoms with E-state index in [2.05, 4.69) is 15.2 Å². The number of halogens is 2. The lowest BCUT2D eigenvalue weighted by atomic mass is 9.99. The topological polar surface area (TPSA) is 97.6 Å². The third kappa shape index (κ3) is 5.99. The number of aliphatic hydroxyl groups is 1. The number of piperidine rings is 1. The first-order chi connectivity index (χ1) is 18.4. The Morgan fingerprint density at radius 1 is 1.24 bits per heavy atom. The number of ether oxygens (including phenoxy) is 3. The summed E-state index contributed by atoms with van der Waals surface area (Å²) in [6, 6.07) is 6.72. The van der Waals surface area contributed by atoms with Crippen molar-refractivity contribution in [3.8, 4) is 28.5 Å². The highest BCUT2D eigenvalue weighted by Crippen LogP contribution is 2.37. The van der Waals surface area contributed by atoms with Gasteiger partial charge >= 0.3 is 6.61 Å². The monoisotopic (exact) mass is 530 g/mol. The van der Waals surface area contributed by atoms with Gasteiger partial charge in [0.2, 0.25) is 0 Å². The van der Waals surface area contributed by atoms with E-state index in [9.17, 15) is 18.7 Å². The number of aromatic nitrogens is 2. The van der Waals surface area contributed by atoms with Crippen LogP contribution in [-0.4, -0.2) is 77.9 Å². The summed E-state index contributed by atoms with van der Waals surface area (Å²) in [5.74, 6) is 0.432. The quantitative estimate of drug-likeness (QED) is 0.391. The molecular formula is C27H32F2N4O5. The number of hydrogen-bond donors (Lipinski definition) is 2. The van der Waals surface area contributed by atoms with Crippen LogP contribution in [0.3, 0.4) is 0 Å². The highest BCUT2D eigenvalue weighted by molar-refractivity contribution is 6.01. The Labute approximate surface area is 219 Å². The SMILES string of the molecule is COc1cc(-c2cnc3cc(OC[C@@H]4CCCN(CCO)C4)ccn23)cc(OC(F)F)c1C(=O)NC1CC1. The second-order valence-corrected chi connectivity index (χ2v) is 9.76. The molecule has 204 valence electrons. The fourth-order valence-corrected chi connectivity index (χ4v) is 4.91. The largest absolute Gasteiger partial charge is 0.496 e. The van der Waals surface area contributed by atoms with Crippen molar-refractivity contribution in [3.63, 3.8) is 0 Å². The lowest BCUT2D eigenvalue weighted by Crippen LogP contribution is -2.39. The molecule has 2 aliphatic rings. The van der Waals surface area contributed by atoms with Gasteiger partial charge in [0.05, 0.1) is 32.2 Å². The van der Waals surface area contributed by atoms with E-state index in [1.165, 1.54) is 13.2 Å². The van der Waals surface area contributed by atoms with Crippen LogP contribution in [0.4, 0.5) is 8.78 Å². The number of methoxy groups -OCH3 is 1. The minimum atomic E-state index is -3.11. The van der Waals surface area contributed by atoms with Crippen molar-refractivity contribution in [2.75, 3.05) is 40.0 Å². The molecule has 1 atom stereocenters. The van der Waals surface area contributed by atoms with E-state index in [0.717, 1.165) is 38.8 Å². The van der Waals surface area contributed by atoms with Crippen molar-refractivity contribution in [2.24, 2.45) is 5.92 Å². The van der Waals surface area contributed by atoms with Crippen molar-refractivity contribution in [2.45, 2.75) is 38.3 Å². The summed E-state index contributed by atoms with van der Waals surface area (Å²) in [4.78, 5) is 19.5. The number of rotatable bonds is 11. The number of carbonyl (C=O) groups excluding carboxylic acids is 1. The average molecular weight is 531 g/mol. The van der Waals surface area contributed by atoms with E-state index >= 15 is 0 Å². The molecule has 1 amide bonds. The van der Waals surface area contributed by atoms with Crippen molar-refractivity contribution < 1.29 is 32.9 Å². The van der Waals surface area contributed by atoms with Crippen LogP contribution < -0.4 is 19.5 Å². The molecule has 0 radical (unpaired) electrons. The number of β-amino-alcohol motifs (C(OH)–C–C–N with tert-alkyl or cyclic N) is 1. The van der Waals surface area contributed by atoms with Crippen LogP contribution >= 0.6 is 0 Å². The van der Waals surface area contributed by atoms with Crippen molar-refractivity contribution in [3.05, 3.63) is 42.2 Å². The van der Waals surface area contributed by atoms with Gasteiger partial charge in [-0.3, -0.25) is 9.20 Å². The summed E-state index contributed by atoms with van der Waals surface area (Å²) in [7, 11) is 1.38. The number of benzene rings is 1. The van der Waals surface area contributed by atoms with Crippen molar-refractivity contribution in [1.29, 1.82) is 0 Å². The summed E-state index contributed by atoms with van der Waals surface area (Å²) < 4.78 is 44.6. The van der Waals surface area contributed by atoms with Gasteiger partial charge in [0.25, 0.3) is 5.91 Å². The van der Waals surface area contributed by atoms with E-state index in [1.54, 1.807) is 22.9 Å². The number of carbonyl (C=O) groups is 1. The van der Waals surface area contributed by atoms with Gasteiger partial charge < -0.3 is 29.5 Å². The second-order valence-electron chi connectivity index (χ2n) is 9.76. The number of nitrogens with one attached hydrogen (secondary N) is 1. The van der Waals surface area contributed by atoms with Gasteiger partial charge in [-0.25, -0.2) is 4.98 Å². The lowest BCUT2D eigenvalue weighted by Gasteiger charge is -2.32. The normalized spacial score (nSPS) is 18.1. The number of alkyl halides is 2. The Bertz CT molecular complexity index is 1280. The Morgan fingerprint density at radius 2 is 2.05 bits per heavy atom. The Kier molecular flexibility index (Phi) is 7.94. The maximum atomic E-state index is 13.3. The molecule has 1 aromatic carbocycles. The smallest absolute Gasteiger partial charge is 0.387 e. The van der Waals surface area contributed by atoms with Gasteiger partial charge in [-0.1, -0.05) is 0 Å². The van der Waals surface area contributed by atoms with Gasteiger partial charge in [0.1, 0.15) is 28.5 Å². The fourth-order valence-electron chi connectivity index (χ4n) is 4.91. The maximum Gasteiger partial charge on any atom is 0.387 e. The van der Waals surface area contributed by atoms with E-state index in [1.807, 2.05) is 12.1 Å². The predicted octanol–water partition coefficient (Wildman–Crippen LogP) is 3.59. The fraction of sp³-hybridized carbons (Fsp3) is 0.481. The molecule has 1 aliphatic heterocycles. The molecule has 2 aromatic heterocycles. The molecular weight excluding hydrogens is 498 g/mol. The van der Waals surface area contributed by atoms with Gasteiger partial charge in [-0.15, -0.1) is 0 Å². The molecule has 2 N–H and O–H groups in total. The van der Waals surface area contributed by atoms with E-state index < -0.39 is 12.5 Å². The molecule has 0 spiro atoms. The van der Waals surface area contributed by atoms with Crippen LogP contribution in [0.2, 0.25) is 0 Å². The van der Waals surface area contributed by atoms with Crippen LogP contribution in [0, 0.1) is 5.92 Å². The number of aliphatic hydroxyl groups excluding tert-OH is 1. The summed E-state index contributed by atoms with van der Waals surface area (Å²) in [6.07, 6.45) is 7.30. The van der Waals surface area contributed by atoms with E-state index in [0.29, 0.717) is 41.7 Å². The zero-order valence-electron chi connectivity index (χ0n) is 21.2. The molecule has 9 nitrogen and oxygen atoms in total. The molecule has 11 heteroatoms. The highest BCUT2D eigenvalue weighted by atomic mass is 19.3. The Balaban J connectivity index is 1.38. The summed E-state index contributed by atoms with van der Waals surface area (Å²) in [5.41, 5.74) is 1.68. The molecule has 3 aromatic rings. The van der Waals surface area contributed by atoms with Gasteiger partial charge in [0.15, 0.2) is 0 Å². The maximum absolute atomic E-state index is 13.3. The standard InChI is InChI=1S/C27H32F2N4O5/c1-36-22-11-18(12-23(38-27(28)29)25(22)26(35)31-19-4-5-19)21-14-30-24-13-20(6-8-33(21)24)37-16-17-3-2-7-32(15-17)9-10-34/h6,8,11-14,17,19,27,34H,2-5,7,9-10,15-16H2,1H3,(H,31,35)/t17-/m1/s1. The molecule has 0 bridgehead atoms. The van der Waals surface area contributed by atoms with Crippen LogP contribution in [0.1, 0.15) is 36.0 Å². The van der Waals surface area contributed by atoms with E-state index in [-0.39, 0.29) is 29.7 Å².